The quantitative estimate of drug-likeness (QED) is 0.194. The lowest BCUT2D eigenvalue weighted by Gasteiger charge is -2.13. The molecule has 13 rings (SSSR count). The minimum absolute atomic E-state index is 0.658. The lowest BCUT2D eigenvalue weighted by molar-refractivity contribution is 1.01. The van der Waals surface area contributed by atoms with Crippen molar-refractivity contribution in [3.05, 3.63) is 188 Å². The van der Waals surface area contributed by atoms with Gasteiger partial charge in [0.15, 0.2) is 0 Å². The van der Waals surface area contributed by atoms with Gasteiger partial charge in [-0.2, -0.15) is 0 Å². The summed E-state index contributed by atoms with van der Waals surface area (Å²) in [6, 6.07) is 67.8. The van der Waals surface area contributed by atoms with E-state index in [9.17, 15) is 0 Å². The van der Waals surface area contributed by atoms with Crippen LogP contribution in [0.1, 0.15) is 0 Å². The van der Waals surface area contributed by atoms with Gasteiger partial charge in [-0.05, 0) is 92.2 Å². The van der Waals surface area contributed by atoms with Crippen molar-refractivity contribution in [3.8, 4) is 38.8 Å². The zero-order valence-electron chi connectivity index (χ0n) is 31.6. The number of H-pyrrole nitrogens is 1. The van der Waals surface area contributed by atoms with E-state index in [0.29, 0.717) is 5.95 Å². The van der Waals surface area contributed by atoms with E-state index in [4.69, 9.17) is 9.97 Å². The van der Waals surface area contributed by atoms with Gasteiger partial charge in [0.1, 0.15) is 0 Å². The van der Waals surface area contributed by atoms with Crippen LogP contribution in [0.5, 0.6) is 0 Å². The normalized spacial score (nSPS) is 12.1. The molecule has 4 aromatic heterocycles. The van der Waals surface area contributed by atoms with Gasteiger partial charge in [0.2, 0.25) is 5.95 Å². The van der Waals surface area contributed by atoms with Gasteiger partial charge < -0.3 is 4.98 Å². The molecule has 0 aliphatic carbocycles. The highest BCUT2D eigenvalue weighted by molar-refractivity contribution is 7.23. The molecule has 0 radical (unpaired) electrons. The summed E-state index contributed by atoms with van der Waals surface area (Å²) in [7, 11) is 0. The summed E-state index contributed by atoms with van der Waals surface area (Å²) < 4.78 is 3.47. The van der Waals surface area contributed by atoms with Crippen molar-refractivity contribution in [2.75, 3.05) is 0 Å². The molecule has 274 valence electrons. The van der Waals surface area contributed by atoms with Crippen molar-refractivity contribution in [1.29, 1.82) is 0 Å². The molecular weight excluding hydrogens is 737 g/mol. The van der Waals surface area contributed by atoms with Crippen molar-refractivity contribution in [1.82, 2.24) is 19.5 Å². The van der Waals surface area contributed by atoms with Crippen molar-refractivity contribution >= 4 is 97.5 Å². The largest absolute Gasteiger partial charge is 0.354 e. The summed E-state index contributed by atoms with van der Waals surface area (Å²) in [6.07, 6.45) is 0. The monoisotopic (exact) mass is 768 g/mol. The van der Waals surface area contributed by atoms with Gasteiger partial charge in [-0.3, -0.25) is 4.57 Å². The first kappa shape index (κ1) is 32.5. The third-order valence-electron chi connectivity index (χ3n) is 12.1. The van der Waals surface area contributed by atoms with E-state index in [2.05, 4.69) is 198 Å². The molecular formula is C54H32N4S. The van der Waals surface area contributed by atoms with Gasteiger partial charge >= 0.3 is 0 Å². The first-order valence-electron chi connectivity index (χ1n) is 20.0. The molecule has 59 heavy (non-hydrogen) atoms. The maximum atomic E-state index is 5.54. The van der Waals surface area contributed by atoms with Crippen LogP contribution in [0.25, 0.3) is 125 Å². The molecule has 0 unspecified atom stereocenters. The van der Waals surface area contributed by atoms with Crippen LogP contribution in [0.3, 0.4) is 0 Å². The molecule has 4 nitrogen and oxygen atoms in total. The van der Waals surface area contributed by atoms with E-state index in [1.807, 2.05) is 11.3 Å². The van der Waals surface area contributed by atoms with Crippen LogP contribution in [-0.4, -0.2) is 19.5 Å². The second-order valence-corrected chi connectivity index (χ2v) is 16.5. The number of hydrogen-bond donors (Lipinski definition) is 1. The Morgan fingerprint density at radius 1 is 0.407 bits per heavy atom. The van der Waals surface area contributed by atoms with Crippen LogP contribution in [0.2, 0.25) is 0 Å². The number of rotatable bonds is 4. The van der Waals surface area contributed by atoms with E-state index in [1.54, 1.807) is 0 Å². The molecule has 0 aliphatic rings. The van der Waals surface area contributed by atoms with Crippen LogP contribution in [-0.2, 0) is 0 Å². The fourth-order valence-electron chi connectivity index (χ4n) is 9.39. The lowest BCUT2D eigenvalue weighted by atomic mass is 9.98. The van der Waals surface area contributed by atoms with Gasteiger partial charge in [0.25, 0.3) is 0 Å². The number of thiophene rings is 1. The summed E-state index contributed by atoms with van der Waals surface area (Å²) in [6.45, 7) is 0. The Hall–Kier alpha value is -7.60. The van der Waals surface area contributed by atoms with E-state index < -0.39 is 0 Å². The predicted octanol–water partition coefficient (Wildman–Crippen LogP) is 14.9. The molecule has 1 N–H and O–H groups in total. The maximum absolute atomic E-state index is 5.54. The van der Waals surface area contributed by atoms with E-state index >= 15 is 0 Å². The zero-order chi connectivity index (χ0) is 38.6. The van der Waals surface area contributed by atoms with Gasteiger partial charge in [-0.1, -0.05) is 140 Å². The van der Waals surface area contributed by atoms with Gasteiger partial charge in [-0.25, -0.2) is 9.97 Å². The van der Waals surface area contributed by atoms with Crippen molar-refractivity contribution in [3.63, 3.8) is 0 Å². The van der Waals surface area contributed by atoms with Crippen LogP contribution in [0.15, 0.2) is 188 Å². The summed E-state index contributed by atoms with van der Waals surface area (Å²) in [4.78, 5) is 15.9. The minimum atomic E-state index is 0.658. The molecule has 0 aliphatic heterocycles. The van der Waals surface area contributed by atoms with Gasteiger partial charge in [0.05, 0.1) is 22.2 Å². The van der Waals surface area contributed by atoms with Crippen molar-refractivity contribution in [2.45, 2.75) is 0 Å². The average molecular weight is 769 g/mol. The topological polar surface area (TPSA) is 46.5 Å². The smallest absolute Gasteiger partial charge is 0.235 e. The SMILES string of the molecule is c1ccc(-c2cc3ccc4nc(-n5c6ccc(-c7ccc8[nH]c9ccc%10ccccc%10c9c8c7)cc6c6c7ccccc7ccc65)nc(-c5ccccc5)c4c3s2)cc1. The maximum Gasteiger partial charge on any atom is 0.235 e. The molecule has 0 saturated carbocycles. The molecule has 9 aromatic carbocycles. The molecule has 4 heterocycles. The van der Waals surface area contributed by atoms with Crippen LogP contribution in [0.4, 0.5) is 0 Å². The number of aromatic amines is 1. The third-order valence-corrected chi connectivity index (χ3v) is 13.3. The fourth-order valence-corrected chi connectivity index (χ4v) is 10.6. The van der Waals surface area contributed by atoms with Gasteiger partial charge in [-0.15, -0.1) is 11.3 Å². The van der Waals surface area contributed by atoms with Crippen molar-refractivity contribution in [2.24, 2.45) is 0 Å². The Labute approximate surface area is 342 Å². The lowest BCUT2D eigenvalue weighted by Crippen LogP contribution is -2.03. The second kappa shape index (κ2) is 12.4. The third kappa shape index (κ3) is 4.89. The number of aromatic nitrogens is 4. The Kier molecular flexibility index (Phi) is 6.85. The highest BCUT2D eigenvalue weighted by Gasteiger charge is 2.21. The number of fused-ring (bicyclic) bond motifs is 13. The molecule has 13 aromatic rings. The predicted molar refractivity (Wildman–Crippen MR) is 250 cm³/mol. The van der Waals surface area contributed by atoms with Gasteiger partial charge in [0, 0.05) is 53.1 Å². The standard InChI is InChI=1S/C54H32N4S/c1-3-13-34(14-4-1)48-31-38-21-26-45-51(53(38)59-48)52(35-15-5-2-6-16-35)57-54(56-45)58-46-27-23-37(30-42(46)50-40-18-10-8-12-33(40)22-28-47(50)58)36-20-24-43-41(29-36)49-39-17-9-7-11-32(39)19-25-44(49)55-43/h1-31,55H. The molecule has 0 amide bonds. The average Bonchev–Trinajstić information content (AvgIpc) is 4.01. The zero-order valence-corrected chi connectivity index (χ0v) is 32.5. The second-order valence-electron chi connectivity index (χ2n) is 15.4. The first-order chi connectivity index (χ1) is 29.2. The molecule has 0 atom stereocenters. The Bertz CT molecular complexity index is 3840. The fraction of sp³-hybridized carbons (Fsp3) is 0. The Morgan fingerprint density at radius 3 is 1.83 bits per heavy atom. The Balaban J connectivity index is 1.07. The summed E-state index contributed by atoms with van der Waals surface area (Å²) in [5.41, 5.74) is 10.9. The number of hydrogen-bond acceptors (Lipinski definition) is 3. The summed E-state index contributed by atoms with van der Waals surface area (Å²) >= 11 is 1.81. The van der Waals surface area contributed by atoms with Crippen LogP contribution < -0.4 is 0 Å². The van der Waals surface area contributed by atoms with Crippen LogP contribution in [0, 0.1) is 0 Å². The van der Waals surface area contributed by atoms with E-state index in [1.165, 1.54) is 74.7 Å². The number of nitrogens with one attached hydrogen (secondary N) is 1. The molecule has 5 heteroatoms. The highest BCUT2D eigenvalue weighted by atomic mass is 32.1. The van der Waals surface area contributed by atoms with Crippen LogP contribution >= 0.6 is 11.3 Å². The molecule has 0 spiro atoms. The first-order valence-corrected chi connectivity index (χ1v) is 20.8. The minimum Gasteiger partial charge on any atom is -0.354 e. The van der Waals surface area contributed by atoms with E-state index in [0.717, 1.165) is 44.2 Å². The van der Waals surface area contributed by atoms with E-state index in [-0.39, 0.29) is 0 Å². The van der Waals surface area contributed by atoms with Crippen molar-refractivity contribution < 1.29 is 0 Å². The Morgan fingerprint density at radius 2 is 1.03 bits per heavy atom. The molecule has 0 saturated heterocycles. The highest BCUT2D eigenvalue weighted by Crippen LogP contribution is 2.43. The number of benzene rings is 9. The summed E-state index contributed by atoms with van der Waals surface area (Å²) in [5, 5.41) is 12.1. The molecule has 0 fully saturated rings. The summed E-state index contributed by atoms with van der Waals surface area (Å²) in [5.74, 6) is 0.658. The molecule has 0 bridgehead atoms. The number of nitrogens with zero attached hydrogens (tertiary/aromatic N) is 3.